The molecule has 1 aromatic heterocycles. The molecular formula is C11H18N2O2. The van der Waals surface area contributed by atoms with Crippen molar-refractivity contribution in [2.24, 2.45) is 0 Å². The minimum atomic E-state index is 0.107. The summed E-state index contributed by atoms with van der Waals surface area (Å²) in [5.41, 5.74) is 1.13. The van der Waals surface area contributed by atoms with E-state index in [-0.39, 0.29) is 12.6 Å². The van der Waals surface area contributed by atoms with Gasteiger partial charge in [0.2, 0.25) is 0 Å². The molecule has 0 spiro atoms. The molecule has 4 heteroatoms. The first-order valence-corrected chi connectivity index (χ1v) is 5.05. The van der Waals surface area contributed by atoms with Gasteiger partial charge in [-0.05, 0) is 25.0 Å². The van der Waals surface area contributed by atoms with E-state index in [1.807, 2.05) is 25.3 Å². The number of ether oxygens (including phenoxy) is 1. The summed E-state index contributed by atoms with van der Waals surface area (Å²) in [6.07, 6.45) is 2.47. The van der Waals surface area contributed by atoms with Crippen molar-refractivity contribution in [3.8, 4) is 0 Å². The molecule has 84 valence electrons. The average Bonchev–Trinajstić information content (AvgIpc) is 2.22. The molecule has 0 amide bonds. The van der Waals surface area contributed by atoms with Crippen LogP contribution in [0.3, 0.4) is 0 Å². The Morgan fingerprint density at radius 2 is 2.33 bits per heavy atom. The second kappa shape index (κ2) is 6.37. The number of rotatable bonds is 6. The van der Waals surface area contributed by atoms with Gasteiger partial charge < -0.3 is 15.2 Å². The van der Waals surface area contributed by atoms with Crippen LogP contribution in [0, 0.1) is 6.92 Å². The van der Waals surface area contributed by atoms with Gasteiger partial charge in [0.1, 0.15) is 5.82 Å². The standard InChI is InChI=1S/C11H18N2O2/c1-9-3-4-11(12-7-9)13-10(5-6-14)8-15-2/h3-4,7,10,14H,5-6,8H2,1-2H3,(H,12,13). The van der Waals surface area contributed by atoms with Crippen LogP contribution < -0.4 is 5.32 Å². The van der Waals surface area contributed by atoms with E-state index in [0.29, 0.717) is 13.0 Å². The number of pyridine rings is 1. The van der Waals surface area contributed by atoms with Crippen LogP contribution in [-0.2, 0) is 4.74 Å². The number of nitrogens with one attached hydrogen (secondary N) is 1. The van der Waals surface area contributed by atoms with E-state index in [1.165, 1.54) is 0 Å². The molecule has 1 unspecified atom stereocenters. The number of aryl methyl sites for hydroxylation is 1. The molecule has 0 saturated carbocycles. The van der Waals surface area contributed by atoms with Gasteiger partial charge in [-0.1, -0.05) is 6.07 Å². The van der Waals surface area contributed by atoms with Gasteiger partial charge in [0, 0.05) is 19.9 Å². The minimum absolute atomic E-state index is 0.107. The molecule has 15 heavy (non-hydrogen) atoms. The number of aliphatic hydroxyl groups excluding tert-OH is 1. The van der Waals surface area contributed by atoms with Crippen LogP contribution in [-0.4, -0.2) is 36.5 Å². The number of hydrogen-bond acceptors (Lipinski definition) is 4. The van der Waals surface area contributed by atoms with Gasteiger partial charge in [-0.15, -0.1) is 0 Å². The van der Waals surface area contributed by atoms with E-state index in [0.717, 1.165) is 11.4 Å². The second-order valence-corrected chi connectivity index (χ2v) is 3.53. The first-order valence-electron chi connectivity index (χ1n) is 5.05. The molecule has 1 rings (SSSR count). The van der Waals surface area contributed by atoms with Crippen LogP contribution in [0.15, 0.2) is 18.3 Å². The van der Waals surface area contributed by atoms with Crippen LogP contribution in [0.4, 0.5) is 5.82 Å². The van der Waals surface area contributed by atoms with Gasteiger partial charge in [-0.2, -0.15) is 0 Å². The summed E-state index contributed by atoms with van der Waals surface area (Å²) in [6, 6.07) is 4.03. The molecule has 0 aromatic carbocycles. The number of aliphatic hydroxyl groups is 1. The van der Waals surface area contributed by atoms with Crippen molar-refractivity contribution in [1.29, 1.82) is 0 Å². The molecule has 4 nitrogen and oxygen atoms in total. The van der Waals surface area contributed by atoms with Crippen molar-refractivity contribution in [3.05, 3.63) is 23.9 Å². The summed E-state index contributed by atoms with van der Waals surface area (Å²) in [5.74, 6) is 0.816. The van der Waals surface area contributed by atoms with Crippen LogP contribution >= 0.6 is 0 Å². The average molecular weight is 210 g/mol. The quantitative estimate of drug-likeness (QED) is 0.740. The fraction of sp³-hybridized carbons (Fsp3) is 0.545. The lowest BCUT2D eigenvalue weighted by atomic mass is 10.2. The zero-order valence-corrected chi connectivity index (χ0v) is 9.23. The van der Waals surface area contributed by atoms with Gasteiger partial charge in [0.15, 0.2) is 0 Å². The van der Waals surface area contributed by atoms with Crippen molar-refractivity contribution in [3.63, 3.8) is 0 Å². The third kappa shape index (κ3) is 4.27. The highest BCUT2D eigenvalue weighted by molar-refractivity contribution is 5.36. The van der Waals surface area contributed by atoms with Crippen LogP contribution in [0.25, 0.3) is 0 Å². The Kier molecular flexibility index (Phi) is 5.07. The zero-order valence-electron chi connectivity index (χ0n) is 9.23. The second-order valence-electron chi connectivity index (χ2n) is 3.53. The highest BCUT2D eigenvalue weighted by Crippen LogP contribution is 2.07. The predicted octanol–water partition coefficient (Wildman–Crippen LogP) is 1.20. The summed E-state index contributed by atoms with van der Waals surface area (Å²) >= 11 is 0. The highest BCUT2D eigenvalue weighted by Gasteiger charge is 2.07. The van der Waals surface area contributed by atoms with Gasteiger partial charge in [-0.3, -0.25) is 0 Å². The van der Waals surface area contributed by atoms with Crippen molar-refractivity contribution in [1.82, 2.24) is 4.98 Å². The number of nitrogens with zero attached hydrogens (tertiary/aromatic N) is 1. The molecule has 0 fully saturated rings. The van der Waals surface area contributed by atoms with Gasteiger partial charge in [0.25, 0.3) is 0 Å². The molecule has 2 N–H and O–H groups in total. The maximum absolute atomic E-state index is 8.87. The molecule has 0 aliphatic heterocycles. The number of aromatic nitrogens is 1. The summed E-state index contributed by atoms with van der Waals surface area (Å²) in [5, 5.41) is 12.1. The van der Waals surface area contributed by atoms with E-state index in [4.69, 9.17) is 9.84 Å². The largest absolute Gasteiger partial charge is 0.396 e. The Balaban J connectivity index is 2.53. The molecule has 0 bridgehead atoms. The Hall–Kier alpha value is -1.13. The van der Waals surface area contributed by atoms with E-state index in [9.17, 15) is 0 Å². The lowest BCUT2D eigenvalue weighted by Crippen LogP contribution is -2.26. The van der Waals surface area contributed by atoms with Crippen molar-refractivity contribution in [2.75, 3.05) is 25.6 Å². The van der Waals surface area contributed by atoms with Crippen LogP contribution in [0.5, 0.6) is 0 Å². The third-order valence-corrected chi connectivity index (χ3v) is 2.11. The van der Waals surface area contributed by atoms with E-state index in [1.54, 1.807) is 7.11 Å². The van der Waals surface area contributed by atoms with E-state index < -0.39 is 0 Å². The van der Waals surface area contributed by atoms with Gasteiger partial charge in [-0.25, -0.2) is 4.98 Å². The summed E-state index contributed by atoms with van der Waals surface area (Å²) in [7, 11) is 1.65. The van der Waals surface area contributed by atoms with E-state index >= 15 is 0 Å². The molecule has 1 atom stereocenters. The van der Waals surface area contributed by atoms with Gasteiger partial charge in [0.05, 0.1) is 12.6 Å². The number of hydrogen-bond donors (Lipinski definition) is 2. The normalized spacial score (nSPS) is 12.5. The summed E-state index contributed by atoms with van der Waals surface area (Å²) in [4.78, 5) is 4.23. The SMILES string of the molecule is COCC(CCO)Nc1ccc(C)cn1. The fourth-order valence-electron chi connectivity index (χ4n) is 1.32. The molecule has 0 aliphatic carbocycles. The van der Waals surface area contributed by atoms with Crippen LogP contribution in [0.1, 0.15) is 12.0 Å². The fourth-order valence-corrected chi connectivity index (χ4v) is 1.32. The number of methoxy groups -OCH3 is 1. The molecule has 1 aromatic rings. The van der Waals surface area contributed by atoms with Crippen LogP contribution in [0.2, 0.25) is 0 Å². The first-order chi connectivity index (χ1) is 7.26. The van der Waals surface area contributed by atoms with Crippen molar-refractivity contribution < 1.29 is 9.84 Å². The number of anilines is 1. The topological polar surface area (TPSA) is 54.4 Å². The molecular weight excluding hydrogens is 192 g/mol. The third-order valence-electron chi connectivity index (χ3n) is 2.11. The zero-order chi connectivity index (χ0) is 11.1. The predicted molar refractivity (Wildman–Crippen MR) is 60.0 cm³/mol. The van der Waals surface area contributed by atoms with Gasteiger partial charge >= 0.3 is 0 Å². The minimum Gasteiger partial charge on any atom is -0.396 e. The Bertz CT molecular complexity index is 268. The lowest BCUT2D eigenvalue weighted by Gasteiger charge is -2.17. The maximum Gasteiger partial charge on any atom is 0.126 e. The highest BCUT2D eigenvalue weighted by atomic mass is 16.5. The van der Waals surface area contributed by atoms with Crippen molar-refractivity contribution >= 4 is 5.82 Å². The Labute approximate surface area is 90.3 Å². The first kappa shape index (κ1) is 11.9. The Morgan fingerprint density at radius 1 is 1.53 bits per heavy atom. The van der Waals surface area contributed by atoms with E-state index in [2.05, 4.69) is 10.3 Å². The molecule has 0 aliphatic rings. The maximum atomic E-state index is 8.87. The van der Waals surface area contributed by atoms with Crippen molar-refractivity contribution in [2.45, 2.75) is 19.4 Å². The Morgan fingerprint density at radius 3 is 2.87 bits per heavy atom. The molecule has 0 radical (unpaired) electrons. The molecule has 0 saturated heterocycles. The molecule has 1 heterocycles. The summed E-state index contributed by atoms with van der Waals surface area (Å²) < 4.78 is 5.05. The smallest absolute Gasteiger partial charge is 0.126 e. The lowest BCUT2D eigenvalue weighted by molar-refractivity contribution is 0.170. The monoisotopic (exact) mass is 210 g/mol. The summed E-state index contributed by atoms with van der Waals surface area (Å²) in [6.45, 7) is 2.71.